The SMILES string of the molecule is Cc1ccnc(C)c1C(=O)N1CCC(N2CCN(c3ncc(C(F)(F)F)cc3Cl)[C@H](C)C2)CC1. The average Bonchev–Trinajstić information content (AvgIpc) is 2.78. The number of hydrogen-bond donors (Lipinski definition) is 0. The van der Waals surface area contributed by atoms with Crippen molar-refractivity contribution in [2.24, 2.45) is 0 Å². The third-order valence-corrected chi connectivity index (χ3v) is 7.19. The van der Waals surface area contributed by atoms with Crippen molar-refractivity contribution in [2.75, 3.05) is 37.6 Å². The second-order valence-electron chi connectivity index (χ2n) is 9.18. The summed E-state index contributed by atoms with van der Waals surface area (Å²) in [6.07, 6.45) is -0.128. The minimum atomic E-state index is -4.47. The van der Waals surface area contributed by atoms with Gasteiger partial charge in [-0.05, 0) is 51.3 Å². The van der Waals surface area contributed by atoms with E-state index in [9.17, 15) is 18.0 Å². The van der Waals surface area contributed by atoms with Crippen LogP contribution >= 0.6 is 11.6 Å². The zero-order valence-corrected chi connectivity index (χ0v) is 20.3. The predicted molar refractivity (Wildman–Crippen MR) is 125 cm³/mol. The second-order valence-corrected chi connectivity index (χ2v) is 9.58. The Kier molecular flexibility index (Phi) is 7.05. The fraction of sp³-hybridized carbons (Fsp3) is 0.542. The van der Waals surface area contributed by atoms with Gasteiger partial charge in [0.25, 0.3) is 5.91 Å². The smallest absolute Gasteiger partial charge is 0.350 e. The molecule has 2 aliphatic heterocycles. The van der Waals surface area contributed by atoms with E-state index in [0.717, 1.165) is 49.5 Å². The van der Waals surface area contributed by atoms with Crippen LogP contribution in [0.1, 0.15) is 46.9 Å². The number of aryl methyl sites for hydroxylation is 2. The Balaban J connectivity index is 1.36. The summed E-state index contributed by atoms with van der Waals surface area (Å²) in [5, 5.41) is 0.0166. The summed E-state index contributed by atoms with van der Waals surface area (Å²) in [5.41, 5.74) is 1.56. The van der Waals surface area contributed by atoms with Crippen LogP contribution in [0.3, 0.4) is 0 Å². The molecule has 0 aromatic carbocycles. The number of hydrogen-bond acceptors (Lipinski definition) is 5. The van der Waals surface area contributed by atoms with Gasteiger partial charge in [-0.3, -0.25) is 14.7 Å². The van der Waals surface area contributed by atoms with E-state index in [1.165, 1.54) is 0 Å². The molecule has 4 rings (SSSR count). The van der Waals surface area contributed by atoms with Crippen LogP contribution in [0.15, 0.2) is 24.5 Å². The molecule has 2 aromatic rings. The normalized spacial score (nSPS) is 20.6. The molecule has 184 valence electrons. The Bertz CT molecular complexity index is 1040. The van der Waals surface area contributed by atoms with Gasteiger partial charge in [-0.2, -0.15) is 13.2 Å². The topological polar surface area (TPSA) is 52.6 Å². The third-order valence-electron chi connectivity index (χ3n) is 6.91. The summed E-state index contributed by atoms with van der Waals surface area (Å²) < 4.78 is 38.8. The molecular formula is C24H29ClF3N5O. The van der Waals surface area contributed by atoms with Crippen LogP contribution in [0.25, 0.3) is 0 Å². The van der Waals surface area contributed by atoms with E-state index in [4.69, 9.17) is 11.6 Å². The van der Waals surface area contributed by atoms with Crippen molar-refractivity contribution in [3.8, 4) is 0 Å². The summed E-state index contributed by atoms with van der Waals surface area (Å²) in [4.78, 5) is 27.7. The molecule has 0 bridgehead atoms. The first-order valence-corrected chi connectivity index (χ1v) is 11.9. The van der Waals surface area contributed by atoms with Crippen molar-refractivity contribution in [3.63, 3.8) is 0 Å². The highest BCUT2D eigenvalue weighted by molar-refractivity contribution is 6.33. The van der Waals surface area contributed by atoms with Gasteiger partial charge in [0.1, 0.15) is 5.82 Å². The maximum absolute atomic E-state index is 13.1. The lowest BCUT2D eigenvalue weighted by Gasteiger charge is -2.46. The second kappa shape index (κ2) is 9.70. The van der Waals surface area contributed by atoms with Gasteiger partial charge in [0, 0.05) is 57.2 Å². The van der Waals surface area contributed by atoms with Crippen LogP contribution in [0, 0.1) is 13.8 Å². The molecule has 0 spiro atoms. The van der Waals surface area contributed by atoms with Crippen LogP contribution < -0.4 is 4.90 Å². The van der Waals surface area contributed by atoms with Gasteiger partial charge >= 0.3 is 6.18 Å². The number of rotatable bonds is 3. The molecule has 0 radical (unpaired) electrons. The van der Waals surface area contributed by atoms with Crippen molar-refractivity contribution in [3.05, 3.63) is 51.9 Å². The molecule has 6 nitrogen and oxygen atoms in total. The minimum Gasteiger partial charge on any atom is -0.350 e. The summed E-state index contributed by atoms with van der Waals surface area (Å²) >= 11 is 6.18. The van der Waals surface area contributed by atoms with E-state index in [-0.39, 0.29) is 17.0 Å². The highest BCUT2D eigenvalue weighted by Crippen LogP contribution is 2.35. The van der Waals surface area contributed by atoms with Crippen LogP contribution in [-0.4, -0.2) is 70.5 Å². The standard InChI is InChI=1S/C24H29ClF3N5O/c1-15-4-7-29-17(3)21(15)23(34)31-8-5-19(6-9-31)32-10-11-33(16(2)14-32)22-20(25)12-18(13-30-22)24(26,27)28/h4,7,12-13,16,19H,5-6,8-11,14H2,1-3H3/t16-/m1/s1. The maximum Gasteiger partial charge on any atom is 0.417 e. The lowest BCUT2D eigenvalue weighted by molar-refractivity contribution is -0.137. The Morgan fingerprint density at radius 3 is 2.41 bits per heavy atom. The summed E-state index contributed by atoms with van der Waals surface area (Å²) in [6.45, 7) is 9.39. The quantitative estimate of drug-likeness (QED) is 0.624. The van der Waals surface area contributed by atoms with E-state index >= 15 is 0 Å². The monoisotopic (exact) mass is 495 g/mol. The highest BCUT2D eigenvalue weighted by Gasteiger charge is 2.35. The van der Waals surface area contributed by atoms with Gasteiger partial charge in [-0.25, -0.2) is 4.98 Å². The lowest BCUT2D eigenvalue weighted by Crippen LogP contribution is -2.57. The Morgan fingerprint density at radius 1 is 1.12 bits per heavy atom. The Hall–Kier alpha value is -2.39. The van der Waals surface area contributed by atoms with Crippen LogP contribution in [0.5, 0.6) is 0 Å². The number of likely N-dealkylation sites (tertiary alicyclic amines) is 1. The fourth-order valence-electron chi connectivity index (χ4n) is 5.04. The zero-order chi connectivity index (χ0) is 24.6. The van der Waals surface area contributed by atoms with Crippen molar-refractivity contribution in [1.29, 1.82) is 0 Å². The number of pyridine rings is 2. The van der Waals surface area contributed by atoms with E-state index in [1.54, 1.807) is 6.20 Å². The number of nitrogens with zero attached hydrogens (tertiary/aromatic N) is 5. The molecule has 0 saturated carbocycles. The van der Waals surface area contributed by atoms with E-state index < -0.39 is 11.7 Å². The largest absolute Gasteiger partial charge is 0.417 e. The number of aromatic nitrogens is 2. The number of halogens is 4. The lowest BCUT2D eigenvalue weighted by atomic mass is 9.99. The maximum atomic E-state index is 13.1. The minimum absolute atomic E-state index is 0.0166. The first-order chi connectivity index (χ1) is 16.1. The number of amides is 1. The van der Waals surface area contributed by atoms with E-state index in [1.807, 2.05) is 36.6 Å². The van der Waals surface area contributed by atoms with Gasteiger partial charge in [0.05, 0.1) is 21.8 Å². The number of piperazine rings is 1. The number of carbonyl (C=O) groups excluding carboxylic acids is 1. The van der Waals surface area contributed by atoms with Gasteiger partial charge in [0.2, 0.25) is 0 Å². The molecule has 0 unspecified atom stereocenters. The molecule has 34 heavy (non-hydrogen) atoms. The molecule has 2 fully saturated rings. The molecule has 10 heteroatoms. The van der Waals surface area contributed by atoms with Gasteiger partial charge < -0.3 is 9.80 Å². The number of carbonyl (C=O) groups is 1. The van der Waals surface area contributed by atoms with Gasteiger partial charge in [-0.1, -0.05) is 11.6 Å². The van der Waals surface area contributed by atoms with Gasteiger partial charge in [-0.15, -0.1) is 0 Å². The molecule has 2 aliphatic rings. The Labute approximate surface area is 202 Å². The molecule has 0 aliphatic carbocycles. The van der Waals surface area contributed by atoms with Crippen LogP contribution in [-0.2, 0) is 6.18 Å². The van der Waals surface area contributed by atoms with Crippen molar-refractivity contribution < 1.29 is 18.0 Å². The fourth-order valence-corrected chi connectivity index (χ4v) is 5.31. The molecule has 1 amide bonds. The predicted octanol–water partition coefficient (Wildman–Crippen LogP) is 4.58. The van der Waals surface area contributed by atoms with Crippen molar-refractivity contribution >= 4 is 23.3 Å². The summed E-state index contributed by atoms with van der Waals surface area (Å²) in [5.74, 6) is 0.437. The molecular weight excluding hydrogens is 467 g/mol. The zero-order valence-electron chi connectivity index (χ0n) is 19.6. The first kappa shape index (κ1) is 24.7. The van der Waals surface area contributed by atoms with E-state index in [2.05, 4.69) is 14.9 Å². The van der Waals surface area contributed by atoms with E-state index in [0.29, 0.717) is 37.1 Å². The van der Waals surface area contributed by atoms with Crippen LogP contribution in [0.4, 0.5) is 19.0 Å². The number of alkyl halides is 3. The van der Waals surface area contributed by atoms with Gasteiger partial charge in [0.15, 0.2) is 0 Å². The Morgan fingerprint density at radius 2 is 1.82 bits per heavy atom. The first-order valence-electron chi connectivity index (χ1n) is 11.5. The van der Waals surface area contributed by atoms with Crippen LogP contribution in [0.2, 0.25) is 5.02 Å². The molecule has 2 saturated heterocycles. The average molecular weight is 496 g/mol. The highest BCUT2D eigenvalue weighted by atomic mass is 35.5. The van der Waals surface area contributed by atoms with Crippen molar-refractivity contribution in [1.82, 2.24) is 19.8 Å². The van der Waals surface area contributed by atoms with Crippen molar-refractivity contribution in [2.45, 2.75) is 51.9 Å². The number of piperidine rings is 1. The number of anilines is 1. The third kappa shape index (κ3) is 5.00. The summed E-state index contributed by atoms with van der Waals surface area (Å²) in [6, 6.07) is 3.23. The molecule has 2 aromatic heterocycles. The summed E-state index contributed by atoms with van der Waals surface area (Å²) in [7, 11) is 0. The molecule has 4 heterocycles. The molecule has 0 N–H and O–H groups in total. The molecule has 1 atom stereocenters.